The molecule has 1 nitrogen and oxygen atoms in total. The number of para-hydroxylation sites is 2. The van der Waals surface area contributed by atoms with Gasteiger partial charge in [0.2, 0.25) is 0 Å². The van der Waals surface area contributed by atoms with Crippen LogP contribution in [0, 0.1) is 0 Å². The zero-order valence-electron chi connectivity index (χ0n) is 24.2. The fourth-order valence-corrected chi connectivity index (χ4v) is 7.33. The van der Waals surface area contributed by atoms with E-state index in [0.717, 1.165) is 16.4 Å². The maximum absolute atomic E-state index is 6.62. The van der Waals surface area contributed by atoms with Gasteiger partial charge in [0, 0.05) is 27.4 Å². The normalized spacial score (nSPS) is 13.2. The van der Waals surface area contributed by atoms with Crippen LogP contribution in [0.1, 0.15) is 25.0 Å². The number of benzene rings is 7. The molecule has 0 N–H and O–H groups in total. The van der Waals surface area contributed by atoms with E-state index in [-0.39, 0.29) is 5.41 Å². The number of hydrogen-bond acceptors (Lipinski definition) is 1. The van der Waals surface area contributed by atoms with Gasteiger partial charge in [0.25, 0.3) is 0 Å². The third-order valence-corrected chi connectivity index (χ3v) is 9.29. The van der Waals surface area contributed by atoms with Crippen LogP contribution in [0.25, 0.3) is 43.8 Å². The van der Waals surface area contributed by atoms with Gasteiger partial charge in [-0.25, -0.2) is 0 Å². The molecule has 2 heteroatoms. The zero-order valence-corrected chi connectivity index (χ0v) is 24.9. The van der Waals surface area contributed by atoms with Crippen LogP contribution in [-0.4, -0.2) is 0 Å². The Morgan fingerprint density at radius 3 is 1.86 bits per heavy atom. The molecule has 0 unspecified atom stereocenters. The van der Waals surface area contributed by atoms with E-state index in [4.69, 9.17) is 11.6 Å². The Kier molecular flexibility index (Phi) is 5.93. The first-order chi connectivity index (χ1) is 21.0. The molecule has 0 aliphatic heterocycles. The van der Waals surface area contributed by atoms with Crippen LogP contribution in [0.2, 0.25) is 5.02 Å². The van der Waals surface area contributed by atoms with Crippen molar-refractivity contribution in [2.24, 2.45) is 0 Å². The zero-order chi connectivity index (χ0) is 29.1. The first kappa shape index (κ1) is 25.8. The molecule has 0 heterocycles. The molecular weight excluding hydrogens is 542 g/mol. The molecule has 0 amide bonds. The van der Waals surface area contributed by atoms with Crippen molar-refractivity contribution >= 4 is 50.2 Å². The van der Waals surface area contributed by atoms with Crippen molar-refractivity contribution in [3.8, 4) is 22.3 Å². The molecule has 0 saturated heterocycles. The molecule has 0 fully saturated rings. The Morgan fingerprint density at radius 2 is 1.12 bits per heavy atom. The lowest BCUT2D eigenvalue weighted by atomic mass is 9.79. The molecule has 7 aromatic carbocycles. The first-order valence-electron chi connectivity index (χ1n) is 14.8. The summed E-state index contributed by atoms with van der Waals surface area (Å²) in [5.74, 6) is 0. The third-order valence-electron chi connectivity index (χ3n) is 9.06. The number of halogens is 1. The smallest absolute Gasteiger partial charge is 0.0587 e. The highest BCUT2D eigenvalue weighted by Crippen LogP contribution is 2.57. The Bertz CT molecular complexity index is 2120. The quantitative estimate of drug-likeness (QED) is 0.190. The van der Waals surface area contributed by atoms with Crippen molar-refractivity contribution in [1.82, 2.24) is 0 Å². The van der Waals surface area contributed by atoms with Gasteiger partial charge in [-0.3, -0.25) is 0 Å². The van der Waals surface area contributed by atoms with Gasteiger partial charge >= 0.3 is 0 Å². The van der Waals surface area contributed by atoms with Crippen molar-refractivity contribution in [1.29, 1.82) is 0 Å². The van der Waals surface area contributed by atoms with E-state index < -0.39 is 0 Å². The molecule has 0 aromatic heterocycles. The summed E-state index contributed by atoms with van der Waals surface area (Å²) in [5.41, 5.74) is 11.0. The highest BCUT2D eigenvalue weighted by atomic mass is 35.5. The summed E-state index contributed by atoms with van der Waals surface area (Å²) in [7, 11) is 0. The fraction of sp³-hybridized carbons (Fsp3) is 0.0732. The Labute approximate surface area is 257 Å². The predicted molar refractivity (Wildman–Crippen MR) is 184 cm³/mol. The minimum atomic E-state index is -0.213. The molecule has 0 spiro atoms. The van der Waals surface area contributed by atoms with Gasteiger partial charge in [0.15, 0.2) is 0 Å². The van der Waals surface area contributed by atoms with Crippen molar-refractivity contribution < 1.29 is 0 Å². The lowest BCUT2D eigenvalue weighted by Gasteiger charge is -2.34. The Balaban J connectivity index is 1.55. The van der Waals surface area contributed by atoms with Crippen LogP contribution < -0.4 is 4.90 Å². The second-order valence-corrected chi connectivity index (χ2v) is 12.3. The van der Waals surface area contributed by atoms with E-state index >= 15 is 0 Å². The Morgan fingerprint density at radius 1 is 0.512 bits per heavy atom. The van der Waals surface area contributed by atoms with E-state index in [1.54, 1.807) is 0 Å². The van der Waals surface area contributed by atoms with Crippen molar-refractivity contribution in [2.75, 3.05) is 4.90 Å². The van der Waals surface area contributed by atoms with Gasteiger partial charge in [0.05, 0.1) is 5.69 Å². The largest absolute Gasteiger partial charge is 0.310 e. The highest BCUT2D eigenvalue weighted by molar-refractivity contribution is 6.32. The monoisotopic (exact) mass is 571 g/mol. The fourth-order valence-electron chi connectivity index (χ4n) is 7.16. The molecule has 1 aliphatic rings. The maximum Gasteiger partial charge on any atom is 0.0587 e. The van der Waals surface area contributed by atoms with Crippen LogP contribution in [0.5, 0.6) is 0 Å². The molecule has 206 valence electrons. The molecule has 0 radical (unpaired) electrons. The van der Waals surface area contributed by atoms with E-state index in [1.165, 1.54) is 60.6 Å². The van der Waals surface area contributed by atoms with E-state index in [1.807, 2.05) is 6.07 Å². The second-order valence-electron chi connectivity index (χ2n) is 11.9. The van der Waals surface area contributed by atoms with Crippen molar-refractivity contribution in [3.05, 3.63) is 162 Å². The van der Waals surface area contributed by atoms with Gasteiger partial charge < -0.3 is 4.90 Å². The average molecular weight is 572 g/mol. The minimum Gasteiger partial charge on any atom is -0.310 e. The Hall–Kier alpha value is -4.85. The predicted octanol–water partition coefficient (Wildman–Crippen LogP) is 12.1. The van der Waals surface area contributed by atoms with Crippen LogP contribution in [0.4, 0.5) is 17.1 Å². The average Bonchev–Trinajstić information content (AvgIpc) is 3.28. The topological polar surface area (TPSA) is 3.24 Å². The second kappa shape index (κ2) is 9.87. The summed E-state index contributed by atoms with van der Waals surface area (Å²) in [6, 6.07) is 52.4. The molecule has 0 atom stereocenters. The van der Waals surface area contributed by atoms with Gasteiger partial charge in [-0.2, -0.15) is 0 Å². The SMILES string of the molecule is CC1(C)c2ccccc2-c2ccc(-c3cccc4ccc5ccc(Cl)cc5c34)c(N(c3ccccc3)c3ccccc3)c21. The summed E-state index contributed by atoms with van der Waals surface area (Å²) >= 11 is 6.62. The number of anilines is 3. The van der Waals surface area contributed by atoms with Crippen molar-refractivity contribution in [2.45, 2.75) is 19.3 Å². The summed E-state index contributed by atoms with van der Waals surface area (Å²) in [6.07, 6.45) is 0. The molecule has 0 bridgehead atoms. The number of nitrogens with zero attached hydrogens (tertiary/aromatic N) is 1. The number of fused-ring (bicyclic) bond motifs is 6. The van der Waals surface area contributed by atoms with Crippen molar-refractivity contribution in [3.63, 3.8) is 0 Å². The van der Waals surface area contributed by atoms with Gasteiger partial charge in [-0.05, 0) is 85.8 Å². The molecule has 0 saturated carbocycles. The van der Waals surface area contributed by atoms with E-state index in [9.17, 15) is 0 Å². The van der Waals surface area contributed by atoms with Crippen LogP contribution in [0.3, 0.4) is 0 Å². The van der Waals surface area contributed by atoms with Crippen LogP contribution in [0.15, 0.2) is 146 Å². The lowest BCUT2D eigenvalue weighted by molar-refractivity contribution is 0.661. The van der Waals surface area contributed by atoms with E-state index in [0.29, 0.717) is 0 Å². The summed E-state index contributed by atoms with van der Waals surface area (Å²) in [5, 5.41) is 5.52. The van der Waals surface area contributed by atoms with Crippen LogP contribution >= 0.6 is 11.6 Å². The van der Waals surface area contributed by atoms with Gasteiger partial charge in [-0.15, -0.1) is 0 Å². The van der Waals surface area contributed by atoms with Gasteiger partial charge in [-0.1, -0.05) is 135 Å². The number of hydrogen-bond donors (Lipinski definition) is 0. The highest BCUT2D eigenvalue weighted by Gasteiger charge is 2.40. The summed E-state index contributed by atoms with van der Waals surface area (Å²) in [6.45, 7) is 4.74. The summed E-state index contributed by atoms with van der Waals surface area (Å²) in [4.78, 5) is 2.46. The standard InChI is InChI=1S/C41H30ClN/c1-41(2)37-19-10-9-17-32(37)34-24-25-35(33-18-11-12-28-21-20-27-22-23-29(42)26-36(27)38(28)33)40(39(34)41)43(30-13-5-3-6-14-30)31-15-7-4-8-16-31/h3-26H,1-2H3. The molecule has 8 rings (SSSR count). The molecule has 1 aliphatic carbocycles. The number of rotatable bonds is 4. The first-order valence-corrected chi connectivity index (χ1v) is 15.2. The molecular formula is C41H30ClN. The lowest BCUT2D eigenvalue weighted by Crippen LogP contribution is -2.21. The summed E-state index contributed by atoms with van der Waals surface area (Å²) < 4.78 is 0. The molecule has 43 heavy (non-hydrogen) atoms. The van der Waals surface area contributed by atoms with Gasteiger partial charge in [0.1, 0.15) is 0 Å². The van der Waals surface area contributed by atoms with E-state index in [2.05, 4.69) is 158 Å². The third kappa shape index (κ3) is 4.00. The van der Waals surface area contributed by atoms with Crippen LogP contribution in [-0.2, 0) is 5.41 Å². The molecule has 7 aromatic rings. The maximum atomic E-state index is 6.62. The minimum absolute atomic E-state index is 0.213.